The van der Waals surface area contributed by atoms with Crippen LogP contribution >= 0.6 is 11.3 Å². The summed E-state index contributed by atoms with van der Waals surface area (Å²) in [6.07, 6.45) is 0.0465. The standard InChI is InChI=1S/C26H20FN3O4S/c27-18-8-6-17(7-9-18)26-29-19(14-35-26)12-24(31)30-21-4-2-1-3-20(21)25(32)28-13-16-5-10-22-23(11-16)34-15-33-22/h1-11,14H,12-13,15H2,(H,28,32)(H,30,31). The molecule has 0 unspecified atom stereocenters. The first-order valence-corrected chi connectivity index (χ1v) is 11.7. The number of para-hydroxylation sites is 1. The molecule has 0 saturated carbocycles. The summed E-state index contributed by atoms with van der Waals surface area (Å²) in [5.41, 5.74) is 3.01. The number of nitrogens with one attached hydrogen (secondary N) is 2. The highest BCUT2D eigenvalue weighted by Crippen LogP contribution is 2.32. The van der Waals surface area contributed by atoms with Crippen molar-refractivity contribution >= 4 is 28.8 Å². The second-order valence-corrected chi connectivity index (χ2v) is 8.65. The Morgan fingerprint density at radius 3 is 2.66 bits per heavy atom. The summed E-state index contributed by atoms with van der Waals surface area (Å²) >= 11 is 1.38. The third-order valence-corrected chi connectivity index (χ3v) is 6.26. The molecule has 0 atom stereocenters. The second-order valence-electron chi connectivity index (χ2n) is 7.79. The summed E-state index contributed by atoms with van der Waals surface area (Å²) in [7, 11) is 0. The van der Waals surface area contributed by atoms with Crippen LogP contribution < -0.4 is 20.1 Å². The third kappa shape index (κ3) is 5.30. The largest absolute Gasteiger partial charge is 0.454 e. The molecule has 0 radical (unpaired) electrons. The molecule has 0 saturated heterocycles. The van der Waals surface area contributed by atoms with Crippen LogP contribution in [0.4, 0.5) is 10.1 Å². The fraction of sp³-hybridized carbons (Fsp3) is 0.115. The normalized spacial score (nSPS) is 11.8. The van der Waals surface area contributed by atoms with E-state index in [1.165, 1.54) is 23.5 Å². The average Bonchev–Trinajstić information content (AvgIpc) is 3.52. The van der Waals surface area contributed by atoms with Crippen molar-refractivity contribution < 1.29 is 23.5 Å². The predicted octanol–water partition coefficient (Wildman–Crippen LogP) is 4.79. The van der Waals surface area contributed by atoms with E-state index in [2.05, 4.69) is 15.6 Å². The Kier molecular flexibility index (Phi) is 6.40. The maximum absolute atomic E-state index is 13.2. The van der Waals surface area contributed by atoms with Crippen molar-refractivity contribution in [3.8, 4) is 22.1 Å². The molecule has 9 heteroatoms. The molecule has 4 aromatic rings. The van der Waals surface area contributed by atoms with E-state index in [9.17, 15) is 14.0 Å². The van der Waals surface area contributed by atoms with Gasteiger partial charge < -0.3 is 20.1 Å². The van der Waals surface area contributed by atoms with E-state index in [1.54, 1.807) is 47.8 Å². The first-order chi connectivity index (χ1) is 17.0. The summed E-state index contributed by atoms with van der Waals surface area (Å²) in [5, 5.41) is 8.18. The van der Waals surface area contributed by atoms with E-state index in [0.29, 0.717) is 40.0 Å². The van der Waals surface area contributed by atoms with Gasteiger partial charge in [0.2, 0.25) is 12.7 Å². The number of halogens is 1. The zero-order chi connectivity index (χ0) is 24.2. The van der Waals surface area contributed by atoms with Crippen LogP contribution in [-0.4, -0.2) is 23.6 Å². The molecule has 1 aliphatic heterocycles. The Balaban J connectivity index is 1.21. The molecule has 35 heavy (non-hydrogen) atoms. The number of thiazole rings is 1. The second kappa shape index (κ2) is 9.94. The van der Waals surface area contributed by atoms with Gasteiger partial charge in [0, 0.05) is 17.5 Å². The molecule has 1 aliphatic rings. The van der Waals surface area contributed by atoms with Crippen LogP contribution in [0.2, 0.25) is 0 Å². The van der Waals surface area contributed by atoms with E-state index in [-0.39, 0.29) is 30.8 Å². The van der Waals surface area contributed by atoms with Crippen molar-refractivity contribution in [2.75, 3.05) is 12.1 Å². The van der Waals surface area contributed by atoms with E-state index in [4.69, 9.17) is 9.47 Å². The lowest BCUT2D eigenvalue weighted by atomic mass is 10.1. The number of carbonyl (C=O) groups excluding carboxylic acids is 2. The highest BCUT2D eigenvalue weighted by molar-refractivity contribution is 7.13. The van der Waals surface area contributed by atoms with E-state index >= 15 is 0 Å². The molecule has 2 N–H and O–H groups in total. The lowest BCUT2D eigenvalue weighted by molar-refractivity contribution is -0.115. The molecule has 7 nitrogen and oxygen atoms in total. The molecule has 0 spiro atoms. The number of amides is 2. The number of nitrogens with zero attached hydrogens (tertiary/aromatic N) is 1. The molecule has 2 heterocycles. The highest BCUT2D eigenvalue weighted by Gasteiger charge is 2.16. The van der Waals surface area contributed by atoms with Crippen LogP contribution in [0.15, 0.2) is 72.1 Å². The third-order valence-electron chi connectivity index (χ3n) is 5.32. The summed E-state index contributed by atoms with van der Waals surface area (Å²) in [6.45, 7) is 0.482. The number of hydrogen-bond acceptors (Lipinski definition) is 6. The minimum Gasteiger partial charge on any atom is -0.454 e. The fourth-order valence-corrected chi connectivity index (χ4v) is 4.42. The molecule has 0 fully saturated rings. The number of rotatable bonds is 7. The van der Waals surface area contributed by atoms with Crippen molar-refractivity contribution in [3.63, 3.8) is 0 Å². The smallest absolute Gasteiger partial charge is 0.253 e. The number of benzene rings is 3. The van der Waals surface area contributed by atoms with Gasteiger partial charge in [-0.2, -0.15) is 0 Å². The van der Waals surface area contributed by atoms with Crippen LogP contribution in [0.25, 0.3) is 10.6 Å². The zero-order valence-corrected chi connectivity index (χ0v) is 19.2. The van der Waals surface area contributed by atoms with Crippen molar-refractivity contribution in [2.45, 2.75) is 13.0 Å². The number of hydrogen-bond donors (Lipinski definition) is 2. The molecule has 5 rings (SSSR count). The van der Waals surface area contributed by atoms with Crippen molar-refractivity contribution in [1.29, 1.82) is 0 Å². The van der Waals surface area contributed by atoms with Crippen molar-refractivity contribution in [1.82, 2.24) is 10.3 Å². The van der Waals surface area contributed by atoms with Crippen LogP contribution in [0.1, 0.15) is 21.6 Å². The Morgan fingerprint density at radius 1 is 1.00 bits per heavy atom. The van der Waals surface area contributed by atoms with Gasteiger partial charge in [-0.25, -0.2) is 9.37 Å². The molecular formula is C26H20FN3O4S. The summed E-state index contributed by atoms with van der Waals surface area (Å²) in [6, 6.07) is 18.3. The molecular weight excluding hydrogens is 469 g/mol. The first-order valence-electron chi connectivity index (χ1n) is 10.8. The molecule has 0 bridgehead atoms. The first kappa shape index (κ1) is 22.5. The maximum Gasteiger partial charge on any atom is 0.253 e. The number of ether oxygens (including phenoxy) is 2. The van der Waals surface area contributed by atoms with E-state index in [0.717, 1.165) is 11.1 Å². The Labute approximate surface area is 204 Å². The van der Waals surface area contributed by atoms with E-state index in [1.807, 2.05) is 12.1 Å². The fourth-order valence-electron chi connectivity index (χ4n) is 3.59. The number of fused-ring (bicyclic) bond motifs is 1. The molecule has 3 aromatic carbocycles. The number of aromatic nitrogens is 1. The van der Waals surface area contributed by atoms with Gasteiger partial charge in [-0.1, -0.05) is 18.2 Å². The van der Waals surface area contributed by atoms with Crippen LogP contribution in [0, 0.1) is 5.82 Å². The quantitative estimate of drug-likeness (QED) is 0.390. The lowest BCUT2D eigenvalue weighted by Crippen LogP contribution is -2.25. The minimum absolute atomic E-state index is 0.0465. The SMILES string of the molecule is O=C(Cc1csc(-c2ccc(F)cc2)n1)Nc1ccccc1C(=O)NCc1ccc2c(c1)OCO2. The molecule has 2 amide bonds. The van der Waals surface area contributed by atoms with Gasteiger partial charge >= 0.3 is 0 Å². The van der Waals surface area contributed by atoms with Crippen LogP contribution in [0.5, 0.6) is 11.5 Å². The van der Waals surface area contributed by atoms with Gasteiger partial charge in [0.05, 0.1) is 23.4 Å². The zero-order valence-electron chi connectivity index (χ0n) is 18.4. The van der Waals surface area contributed by atoms with Crippen molar-refractivity contribution in [2.24, 2.45) is 0 Å². The van der Waals surface area contributed by atoms with Gasteiger partial charge in [-0.15, -0.1) is 11.3 Å². The van der Waals surface area contributed by atoms with E-state index < -0.39 is 0 Å². The van der Waals surface area contributed by atoms with Crippen LogP contribution in [-0.2, 0) is 17.8 Å². The van der Waals surface area contributed by atoms with Gasteiger partial charge in [-0.3, -0.25) is 9.59 Å². The Bertz CT molecular complexity index is 1390. The number of carbonyl (C=O) groups is 2. The van der Waals surface area contributed by atoms with Gasteiger partial charge in [-0.05, 0) is 54.1 Å². The summed E-state index contributed by atoms with van der Waals surface area (Å²) in [5.74, 6) is 0.401. The van der Waals surface area contributed by atoms with Crippen molar-refractivity contribution in [3.05, 3.63) is 94.7 Å². The lowest BCUT2D eigenvalue weighted by Gasteiger charge is -2.11. The molecule has 0 aliphatic carbocycles. The predicted molar refractivity (Wildman–Crippen MR) is 130 cm³/mol. The molecule has 1 aromatic heterocycles. The Morgan fingerprint density at radius 2 is 1.80 bits per heavy atom. The summed E-state index contributed by atoms with van der Waals surface area (Å²) < 4.78 is 23.8. The Hall–Kier alpha value is -4.24. The van der Waals surface area contributed by atoms with Gasteiger partial charge in [0.25, 0.3) is 5.91 Å². The minimum atomic E-state index is -0.316. The average molecular weight is 490 g/mol. The molecule has 176 valence electrons. The van der Waals surface area contributed by atoms with Gasteiger partial charge in [0.15, 0.2) is 11.5 Å². The monoisotopic (exact) mass is 489 g/mol. The highest BCUT2D eigenvalue weighted by atomic mass is 32.1. The topological polar surface area (TPSA) is 89.6 Å². The maximum atomic E-state index is 13.2. The number of anilines is 1. The van der Waals surface area contributed by atoms with Crippen LogP contribution in [0.3, 0.4) is 0 Å². The summed E-state index contributed by atoms with van der Waals surface area (Å²) in [4.78, 5) is 30.0. The van der Waals surface area contributed by atoms with Gasteiger partial charge in [0.1, 0.15) is 10.8 Å².